The maximum Gasteiger partial charge on any atom is 0.161 e. The van der Waals surface area contributed by atoms with Crippen LogP contribution < -0.4 is 15.8 Å². The van der Waals surface area contributed by atoms with Gasteiger partial charge in [0, 0.05) is 53.7 Å². The second kappa shape index (κ2) is 16.4. The summed E-state index contributed by atoms with van der Waals surface area (Å²) in [4.78, 5) is 28.8. The van der Waals surface area contributed by atoms with E-state index in [1.54, 1.807) is 6.07 Å². The zero-order chi connectivity index (χ0) is 33.2. The van der Waals surface area contributed by atoms with Crippen molar-refractivity contribution in [3.05, 3.63) is 82.5 Å². The van der Waals surface area contributed by atoms with E-state index in [9.17, 15) is 19.8 Å². The molecule has 8 nitrogen and oxygen atoms in total. The van der Waals surface area contributed by atoms with Crippen LogP contribution >= 0.6 is 0 Å². The Bertz CT molecular complexity index is 1470. The molecule has 0 radical (unpaired) electrons. The fourth-order valence-corrected chi connectivity index (χ4v) is 7.89. The minimum absolute atomic E-state index is 0.00143. The topological polar surface area (TPSA) is 138 Å². The molecule has 1 saturated carbocycles. The molecule has 1 aromatic carbocycles. The van der Waals surface area contributed by atoms with Crippen LogP contribution in [0.5, 0.6) is 11.5 Å². The fourth-order valence-electron chi connectivity index (χ4n) is 7.89. The number of benzene rings is 1. The van der Waals surface area contributed by atoms with Gasteiger partial charge < -0.3 is 31.0 Å². The van der Waals surface area contributed by atoms with Crippen molar-refractivity contribution in [2.45, 2.75) is 102 Å². The number of phenols is 1. The number of carbonyl (C=O) groups excluding carboxylic acids is 2. The number of allylic oxidation sites excluding steroid dienone is 3. The van der Waals surface area contributed by atoms with Gasteiger partial charge in [0.25, 0.3) is 0 Å². The van der Waals surface area contributed by atoms with Gasteiger partial charge in [-0.05, 0) is 54.5 Å². The predicted molar refractivity (Wildman–Crippen MR) is 185 cm³/mol. The molecule has 0 bridgehead atoms. The Morgan fingerprint density at radius 3 is 2.60 bits per heavy atom. The summed E-state index contributed by atoms with van der Waals surface area (Å²) in [6, 6.07) is 7.59. The lowest BCUT2D eigenvalue weighted by Gasteiger charge is -2.43. The first-order chi connectivity index (χ1) is 22.8. The number of aliphatic hydroxyl groups excluding tert-OH is 1. The number of H-pyrrole nitrogens is 1. The van der Waals surface area contributed by atoms with Crippen molar-refractivity contribution in [3.8, 4) is 11.5 Å². The molecule has 2 heterocycles. The van der Waals surface area contributed by atoms with Crippen LogP contribution in [0, 0.1) is 11.3 Å². The van der Waals surface area contributed by atoms with Gasteiger partial charge >= 0.3 is 0 Å². The standard InChI is InChI=1S/C39H53N3O5/c1-47-35-23-28(15-16-31(45)24-30(44)14-8-3-2-5-10-27-11-6-4-7-12-27)22-34(37(35)46)36-32-18-21-42-38(40)33(32)17-19-39(36,26-43)25-29-13-9-20-41-29/h9,13,17-20,22-23,27,36,41-43,46H,2-8,10-12,14-16,21,24-26,40H2,1H3/t36-,39-/m1/s1. The number of carbonyl (C=O) groups is 2. The number of hydrogen-bond acceptors (Lipinski definition) is 7. The van der Waals surface area contributed by atoms with E-state index < -0.39 is 11.3 Å². The molecule has 8 heteroatoms. The number of nitrogens with one attached hydrogen (secondary N) is 2. The molecule has 1 aliphatic heterocycles. The molecule has 0 saturated heterocycles. The number of fused-ring (bicyclic) bond motifs is 1. The Balaban J connectivity index is 1.24. The number of aromatic nitrogens is 1. The minimum atomic E-state index is -0.781. The number of Topliss-reactive ketones (excluding diaryl/α,β-unsaturated/α-hetero) is 2. The Kier molecular flexibility index (Phi) is 12.0. The maximum absolute atomic E-state index is 12.9. The van der Waals surface area contributed by atoms with Gasteiger partial charge in [-0.2, -0.15) is 0 Å². The van der Waals surface area contributed by atoms with E-state index in [0.29, 0.717) is 42.9 Å². The molecule has 0 spiro atoms. The lowest BCUT2D eigenvalue weighted by molar-refractivity contribution is -0.127. The van der Waals surface area contributed by atoms with Crippen LogP contribution in [-0.4, -0.2) is 47.0 Å². The molecule has 3 aliphatic rings. The highest BCUT2D eigenvalue weighted by Gasteiger charge is 2.45. The number of phenolic OH excluding ortho intramolecular Hbond substituents is 1. The van der Waals surface area contributed by atoms with Crippen LogP contribution in [0.2, 0.25) is 0 Å². The van der Waals surface area contributed by atoms with Crippen molar-refractivity contribution >= 4 is 11.6 Å². The summed E-state index contributed by atoms with van der Waals surface area (Å²) >= 11 is 0. The van der Waals surface area contributed by atoms with E-state index in [1.807, 2.05) is 36.5 Å². The van der Waals surface area contributed by atoms with Gasteiger partial charge in [-0.25, -0.2) is 0 Å². The van der Waals surface area contributed by atoms with Gasteiger partial charge in [-0.1, -0.05) is 82.1 Å². The van der Waals surface area contributed by atoms with Crippen molar-refractivity contribution in [2.24, 2.45) is 17.1 Å². The predicted octanol–water partition coefficient (Wildman–Crippen LogP) is 6.69. The van der Waals surface area contributed by atoms with Crippen molar-refractivity contribution in [1.29, 1.82) is 0 Å². The summed E-state index contributed by atoms with van der Waals surface area (Å²) in [5.74, 6) is 1.27. The number of aromatic hydroxyl groups is 1. The first-order valence-corrected chi connectivity index (χ1v) is 17.6. The maximum atomic E-state index is 12.9. The highest BCUT2D eigenvalue weighted by Crippen LogP contribution is 2.54. The number of methoxy groups -OCH3 is 1. The zero-order valence-electron chi connectivity index (χ0n) is 28.0. The van der Waals surface area contributed by atoms with E-state index in [0.717, 1.165) is 41.2 Å². The van der Waals surface area contributed by atoms with Gasteiger partial charge in [0.2, 0.25) is 0 Å². The van der Waals surface area contributed by atoms with Gasteiger partial charge in [0.05, 0.1) is 20.1 Å². The third kappa shape index (κ3) is 8.58. The number of aryl methyl sites for hydroxylation is 1. The van der Waals surface area contributed by atoms with Gasteiger partial charge in [-0.3, -0.25) is 9.59 Å². The number of dihydropyridines is 1. The number of aromatic amines is 1. The van der Waals surface area contributed by atoms with Crippen molar-refractivity contribution in [1.82, 2.24) is 10.3 Å². The van der Waals surface area contributed by atoms with Gasteiger partial charge in [0.1, 0.15) is 17.4 Å². The summed E-state index contributed by atoms with van der Waals surface area (Å²) in [7, 11) is 1.51. The molecule has 6 N–H and O–H groups in total. The summed E-state index contributed by atoms with van der Waals surface area (Å²) in [6.07, 6.45) is 22.0. The summed E-state index contributed by atoms with van der Waals surface area (Å²) < 4.78 is 5.62. The number of nitrogens with two attached hydrogens (primary N) is 1. The Hall–Kier alpha value is -3.78. The first-order valence-electron chi connectivity index (χ1n) is 17.6. The third-order valence-corrected chi connectivity index (χ3v) is 10.5. The van der Waals surface area contributed by atoms with E-state index >= 15 is 0 Å². The molecule has 2 aromatic rings. The van der Waals surface area contributed by atoms with E-state index in [2.05, 4.69) is 16.4 Å². The quantitative estimate of drug-likeness (QED) is 0.0957. The summed E-state index contributed by atoms with van der Waals surface area (Å²) in [6.45, 7) is 0.359. The normalized spacial score (nSPS) is 21.2. The molecule has 0 unspecified atom stereocenters. The second-order valence-corrected chi connectivity index (χ2v) is 13.8. The van der Waals surface area contributed by atoms with Gasteiger partial charge in [-0.15, -0.1) is 0 Å². The number of unbranched alkanes of at least 4 members (excludes halogenated alkanes) is 3. The molecule has 47 heavy (non-hydrogen) atoms. The first kappa shape index (κ1) is 34.6. The fraction of sp³-hybridized carbons (Fsp3) is 0.538. The molecule has 0 amide bonds. The second-order valence-electron chi connectivity index (χ2n) is 13.8. The van der Waals surface area contributed by atoms with Crippen molar-refractivity contribution < 1.29 is 24.5 Å². The largest absolute Gasteiger partial charge is 0.504 e. The van der Waals surface area contributed by atoms with Crippen molar-refractivity contribution in [2.75, 3.05) is 20.3 Å². The third-order valence-electron chi connectivity index (χ3n) is 10.5. The van der Waals surface area contributed by atoms with E-state index in [-0.39, 0.29) is 36.8 Å². The molecule has 254 valence electrons. The van der Waals surface area contributed by atoms with Crippen LogP contribution in [0.4, 0.5) is 0 Å². The molecule has 2 atom stereocenters. The van der Waals surface area contributed by atoms with Crippen LogP contribution in [0.25, 0.3) is 0 Å². The van der Waals surface area contributed by atoms with Crippen LogP contribution in [0.1, 0.15) is 106 Å². The summed E-state index contributed by atoms with van der Waals surface area (Å²) in [5.41, 5.74) is 9.74. The monoisotopic (exact) mass is 643 g/mol. The number of rotatable bonds is 17. The van der Waals surface area contributed by atoms with Crippen molar-refractivity contribution in [3.63, 3.8) is 0 Å². The highest BCUT2D eigenvalue weighted by molar-refractivity contribution is 5.99. The number of aliphatic hydroxyl groups is 1. The van der Waals surface area contributed by atoms with Gasteiger partial charge in [0.15, 0.2) is 11.5 Å². The highest BCUT2D eigenvalue weighted by atomic mass is 16.5. The SMILES string of the molecule is COc1cc(CCC(=O)CC(=O)CCCCCCC2CCCCC2)cc([C@H]2C3=CCNC(N)=C3C=C[C@]2(CO)Cc2ccc[nH]2)c1O. The van der Waals surface area contributed by atoms with E-state index in [1.165, 1.54) is 58.5 Å². The molecular formula is C39H53N3O5. The molecular weight excluding hydrogens is 590 g/mol. The Morgan fingerprint density at radius 1 is 1.06 bits per heavy atom. The Labute approximate surface area is 279 Å². The van der Waals surface area contributed by atoms with Crippen LogP contribution in [0.3, 0.4) is 0 Å². The zero-order valence-corrected chi connectivity index (χ0v) is 28.0. The molecule has 2 aliphatic carbocycles. The smallest absolute Gasteiger partial charge is 0.161 e. The lowest BCUT2D eigenvalue weighted by atomic mass is 9.61. The Morgan fingerprint density at radius 2 is 1.85 bits per heavy atom. The van der Waals surface area contributed by atoms with Crippen LogP contribution in [-0.2, 0) is 22.4 Å². The number of ether oxygens (including phenoxy) is 1. The minimum Gasteiger partial charge on any atom is -0.504 e. The summed E-state index contributed by atoms with van der Waals surface area (Å²) in [5, 5.41) is 25.7. The average molecular weight is 644 g/mol. The number of ketones is 2. The van der Waals surface area contributed by atoms with Crippen LogP contribution in [0.15, 0.2) is 65.7 Å². The van der Waals surface area contributed by atoms with E-state index in [4.69, 9.17) is 10.5 Å². The lowest BCUT2D eigenvalue weighted by Crippen LogP contribution is -2.40. The molecule has 1 aromatic heterocycles. The number of hydrogen-bond donors (Lipinski definition) is 5. The average Bonchev–Trinajstić information content (AvgIpc) is 3.59. The molecule has 5 rings (SSSR count). The molecule has 1 fully saturated rings.